The molecule has 0 aliphatic carbocycles. The van der Waals surface area contributed by atoms with Crippen LogP contribution in [0.15, 0.2) is 22.9 Å². The molecule has 3 rings (SSSR count). The Hall–Kier alpha value is -1.63. The summed E-state index contributed by atoms with van der Waals surface area (Å²) in [5.74, 6) is 1.16. The van der Waals surface area contributed by atoms with Gasteiger partial charge < -0.3 is 9.80 Å². The highest BCUT2D eigenvalue weighted by Gasteiger charge is 2.25. The van der Waals surface area contributed by atoms with Gasteiger partial charge in [-0.05, 0) is 33.5 Å². The van der Waals surface area contributed by atoms with Gasteiger partial charge in [-0.3, -0.25) is 4.79 Å². The molecule has 6 nitrogen and oxygen atoms in total. The van der Waals surface area contributed by atoms with Crippen molar-refractivity contribution in [1.82, 2.24) is 19.5 Å². The Kier molecular flexibility index (Phi) is 4.31. The molecule has 124 valence electrons. The zero-order valence-electron chi connectivity index (χ0n) is 13.8. The number of hydrogen-bond acceptors (Lipinski definition) is 4. The van der Waals surface area contributed by atoms with E-state index in [1.54, 1.807) is 10.7 Å². The van der Waals surface area contributed by atoms with Gasteiger partial charge in [-0.15, -0.1) is 5.10 Å². The smallest absolute Gasteiger partial charge is 0.223 e. The molecule has 1 aliphatic heterocycles. The highest BCUT2D eigenvalue weighted by Crippen LogP contribution is 2.22. The lowest BCUT2D eigenvalue weighted by Crippen LogP contribution is -2.49. The molecule has 0 saturated carbocycles. The van der Waals surface area contributed by atoms with Gasteiger partial charge in [-0.25, -0.2) is 9.50 Å². The lowest BCUT2D eigenvalue weighted by atomic mass is 9.91. The Morgan fingerprint density at radius 3 is 2.57 bits per heavy atom. The maximum absolute atomic E-state index is 12.3. The number of piperazine rings is 1. The Bertz CT molecular complexity index is 713. The zero-order valence-corrected chi connectivity index (χ0v) is 15.4. The summed E-state index contributed by atoms with van der Waals surface area (Å²) in [6.07, 6.45) is 2.34. The third-order valence-electron chi connectivity index (χ3n) is 3.94. The van der Waals surface area contributed by atoms with E-state index in [9.17, 15) is 4.79 Å². The number of carbonyl (C=O) groups excluding carboxylic acids is 1. The van der Waals surface area contributed by atoms with Gasteiger partial charge in [0.25, 0.3) is 0 Å². The SMILES string of the molecule is CC(C)(C)CC(=O)N1CCN(c2ccc3ncc(Br)n3n2)CC1. The average Bonchev–Trinajstić information content (AvgIpc) is 2.87. The van der Waals surface area contributed by atoms with Crippen molar-refractivity contribution in [1.29, 1.82) is 0 Å². The predicted molar refractivity (Wildman–Crippen MR) is 93.6 cm³/mol. The second-order valence-electron chi connectivity index (χ2n) is 7.15. The summed E-state index contributed by atoms with van der Waals surface area (Å²) >= 11 is 3.45. The van der Waals surface area contributed by atoms with Crippen molar-refractivity contribution in [3.05, 3.63) is 22.9 Å². The second-order valence-corrected chi connectivity index (χ2v) is 7.96. The summed E-state index contributed by atoms with van der Waals surface area (Å²) < 4.78 is 2.63. The number of imidazole rings is 1. The Morgan fingerprint density at radius 2 is 1.91 bits per heavy atom. The number of carbonyl (C=O) groups is 1. The van der Waals surface area contributed by atoms with E-state index >= 15 is 0 Å². The van der Waals surface area contributed by atoms with Gasteiger partial charge >= 0.3 is 0 Å². The molecule has 2 aromatic rings. The number of rotatable bonds is 2. The van der Waals surface area contributed by atoms with Crippen molar-refractivity contribution in [2.24, 2.45) is 5.41 Å². The first-order valence-electron chi connectivity index (χ1n) is 7.86. The van der Waals surface area contributed by atoms with Gasteiger partial charge in [0, 0.05) is 32.6 Å². The number of nitrogens with zero attached hydrogens (tertiary/aromatic N) is 5. The van der Waals surface area contributed by atoms with Gasteiger partial charge in [0.15, 0.2) is 5.65 Å². The van der Waals surface area contributed by atoms with E-state index in [2.05, 4.69) is 51.7 Å². The summed E-state index contributed by atoms with van der Waals surface area (Å²) in [5.41, 5.74) is 0.855. The third kappa shape index (κ3) is 3.65. The van der Waals surface area contributed by atoms with Gasteiger partial charge in [0.05, 0.1) is 6.20 Å². The minimum atomic E-state index is 0.0362. The first-order chi connectivity index (χ1) is 10.8. The molecular weight excluding hydrogens is 358 g/mol. The van der Waals surface area contributed by atoms with Crippen LogP contribution >= 0.6 is 15.9 Å². The molecule has 0 unspecified atom stereocenters. The number of hydrogen-bond donors (Lipinski definition) is 0. The molecule has 2 aromatic heterocycles. The fraction of sp³-hybridized carbons (Fsp3) is 0.562. The average molecular weight is 380 g/mol. The molecule has 1 fully saturated rings. The van der Waals surface area contributed by atoms with E-state index in [1.807, 2.05) is 17.0 Å². The number of fused-ring (bicyclic) bond motifs is 1. The molecule has 1 aliphatic rings. The van der Waals surface area contributed by atoms with Crippen molar-refractivity contribution >= 4 is 33.3 Å². The lowest BCUT2D eigenvalue weighted by molar-refractivity contribution is -0.133. The van der Waals surface area contributed by atoms with Crippen molar-refractivity contribution in [3.8, 4) is 0 Å². The predicted octanol–water partition coefficient (Wildman–Crippen LogP) is 2.58. The van der Waals surface area contributed by atoms with Crippen LogP contribution in [0.1, 0.15) is 27.2 Å². The fourth-order valence-electron chi connectivity index (χ4n) is 2.75. The van der Waals surface area contributed by atoms with Crippen LogP contribution in [0.5, 0.6) is 0 Å². The quantitative estimate of drug-likeness (QED) is 0.804. The van der Waals surface area contributed by atoms with Crippen molar-refractivity contribution in [2.75, 3.05) is 31.1 Å². The monoisotopic (exact) mass is 379 g/mol. The van der Waals surface area contributed by atoms with Crippen LogP contribution in [-0.2, 0) is 4.79 Å². The minimum Gasteiger partial charge on any atom is -0.352 e. The van der Waals surface area contributed by atoms with Gasteiger partial charge in [0.2, 0.25) is 5.91 Å². The van der Waals surface area contributed by atoms with E-state index in [0.717, 1.165) is 42.2 Å². The van der Waals surface area contributed by atoms with Gasteiger partial charge in [0.1, 0.15) is 10.4 Å². The summed E-state index contributed by atoms with van der Waals surface area (Å²) in [4.78, 5) is 20.8. The molecular formula is C16H22BrN5O. The largest absolute Gasteiger partial charge is 0.352 e. The first-order valence-corrected chi connectivity index (χ1v) is 8.66. The normalized spacial score (nSPS) is 16.2. The number of halogens is 1. The molecule has 3 heterocycles. The van der Waals surface area contributed by atoms with Gasteiger partial charge in [-0.2, -0.15) is 0 Å². The Morgan fingerprint density at radius 1 is 1.22 bits per heavy atom. The zero-order chi connectivity index (χ0) is 16.6. The number of amides is 1. The lowest BCUT2D eigenvalue weighted by Gasteiger charge is -2.36. The highest BCUT2D eigenvalue weighted by molar-refractivity contribution is 9.10. The molecule has 0 spiro atoms. The van der Waals surface area contributed by atoms with Crippen LogP contribution in [0.4, 0.5) is 5.82 Å². The van der Waals surface area contributed by atoms with Crippen molar-refractivity contribution < 1.29 is 4.79 Å². The topological polar surface area (TPSA) is 53.7 Å². The summed E-state index contributed by atoms with van der Waals surface area (Å²) in [5, 5.41) is 4.62. The summed E-state index contributed by atoms with van der Waals surface area (Å²) in [7, 11) is 0. The van der Waals surface area contributed by atoms with E-state index in [0.29, 0.717) is 6.42 Å². The summed E-state index contributed by atoms with van der Waals surface area (Å²) in [6, 6.07) is 3.95. The van der Waals surface area contributed by atoms with Crippen molar-refractivity contribution in [2.45, 2.75) is 27.2 Å². The fourth-order valence-corrected chi connectivity index (χ4v) is 3.12. The molecule has 1 amide bonds. The highest BCUT2D eigenvalue weighted by atomic mass is 79.9. The molecule has 23 heavy (non-hydrogen) atoms. The second kappa shape index (κ2) is 6.11. The molecule has 0 aromatic carbocycles. The summed E-state index contributed by atoms with van der Waals surface area (Å²) in [6.45, 7) is 9.41. The van der Waals surface area contributed by atoms with E-state index in [4.69, 9.17) is 0 Å². The van der Waals surface area contributed by atoms with E-state index in [1.165, 1.54) is 0 Å². The van der Waals surface area contributed by atoms with Crippen LogP contribution in [-0.4, -0.2) is 51.6 Å². The Labute approximate surface area is 144 Å². The standard InChI is InChI=1S/C16H22BrN5O/c1-16(2,3)10-15(23)21-8-6-20(7-9-21)14-5-4-13-18-11-12(17)22(13)19-14/h4-5,11H,6-10H2,1-3H3. The van der Waals surface area contributed by atoms with E-state index < -0.39 is 0 Å². The first kappa shape index (κ1) is 16.2. The molecule has 7 heteroatoms. The maximum Gasteiger partial charge on any atom is 0.223 e. The maximum atomic E-state index is 12.3. The molecule has 0 bridgehead atoms. The van der Waals surface area contributed by atoms with Gasteiger partial charge in [-0.1, -0.05) is 20.8 Å². The van der Waals surface area contributed by atoms with Crippen LogP contribution < -0.4 is 4.90 Å². The van der Waals surface area contributed by atoms with Crippen LogP contribution in [0.3, 0.4) is 0 Å². The van der Waals surface area contributed by atoms with Crippen LogP contribution in [0, 0.1) is 5.41 Å². The van der Waals surface area contributed by atoms with E-state index in [-0.39, 0.29) is 11.3 Å². The molecule has 0 N–H and O–H groups in total. The Balaban J connectivity index is 1.66. The third-order valence-corrected chi connectivity index (χ3v) is 4.49. The minimum absolute atomic E-state index is 0.0362. The van der Waals surface area contributed by atoms with Crippen molar-refractivity contribution in [3.63, 3.8) is 0 Å². The number of aromatic nitrogens is 3. The number of anilines is 1. The van der Waals surface area contributed by atoms with Crippen LogP contribution in [0.2, 0.25) is 0 Å². The molecule has 1 saturated heterocycles. The molecule has 0 radical (unpaired) electrons. The molecule has 0 atom stereocenters. The van der Waals surface area contributed by atoms with Crippen LogP contribution in [0.25, 0.3) is 5.65 Å².